The van der Waals surface area contributed by atoms with Gasteiger partial charge in [-0.1, -0.05) is 18.2 Å². The fraction of sp³-hybridized carbons (Fsp3) is 0.435. The van der Waals surface area contributed by atoms with Crippen LogP contribution in [0.3, 0.4) is 0 Å². The number of ether oxygens (including phenoxy) is 2. The fourth-order valence-electron chi connectivity index (χ4n) is 3.57. The van der Waals surface area contributed by atoms with E-state index in [0.29, 0.717) is 6.42 Å². The van der Waals surface area contributed by atoms with Crippen molar-refractivity contribution in [1.82, 2.24) is 5.32 Å². The first kappa shape index (κ1) is 19.3. The number of fused-ring (bicyclic) bond motifs is 1. The molecule has 1 amide bonds. The number of rotatable bonds is 5. The van der Waals surface area contributed by atoms with Crippen molar-refractivity contribution >= 4 is 5.91 Å². The molecule has 0 spiro atoms. The van der Waals surface area contributed by atoms with Gasteiger partial charge in [0.15, 0.2) is 0 Å². The van der Waals surface area contributed by atoms with Gasteiger partial charge in [0, 0.05) is 18.4 Å². The Morgan fingerprint density at radius 2 is 1.96 bits per heavy atom. The van der Waals surface area contributed by atoms with Gasteiger partial charge in [-0.25, -0.2) is 0 Å². The molecule has 1 N–H and O–H groups in total. The molecule has 144 valence electrons. The van der Waals surface area contributed by atoms with E-state index >= 15 is 0 Å². The van der Waals surface area contributed by atoms with Crippen LogP contribution in [0.2, 0.25) is 0 Å². The predicted octanol–water partition coefficient (Wildman–Crippen LogP) is 4.66. The molecule has 27 heavy (non-hydrogen) atoms. The molecule has 0 fully saturated rings. The van der Waals surface area contributed by atoms with Crippen LogP contribution < -0.4 is 14.8 Å². The van der Waals surface area contributed by atoms with Crippen LogP contribution in [0.25, 0.3) is 0 Å². The molecular formula is C23H29NO3. The molecule has 0 aromatic heterocycles. The summed E-state index contributed by atoms with van der Waals surface area (Å²) in [6, 6.07) is 12.1. The van der Waals surface area contributed by atoms with Crippen molar-refractivity contribution in [2.45, 2.75) is 58.6 Å². The molecular weight excluding hydrogens is 338 g/mol. The predicted molar refractivity (Wildman–Crippen MR) is 107 cm³/mol. The highest BCUT2D eigenvalue weighted by atomic mass is 16.5. The number of methoxy groups -OCH3 is 1. The fourth-order valence-corrected chi connectivity index (χ4v) is 3.57. The van der Waals surface area contributed by atoms with Crippen molar-refractivity contribution in [3.8, 4) is 11.5 Å². The summed E-state index contributed by atoms with van der Waals surface area (Å²) in [6.45, 7) is 8.31. The lowest BCUT2D eigenvalue weighted by molar-refractivity contribution is -0.122. The summed E-state index contributed by atoms with van der Waals surface area (Å²) in [6.07, 6.45) is 1.94. The van der Waals surface area contributed by atoms with E-state index in [1.165, 1.54) is 16.7 Å². The van der Waals surface area contributed by atoms with E-state index in [9.17, 15) is 4.79 Å². The first-order valence-corrected chi connectivity index (χ1v) is 9.50. The van der Waals surface area contributed by atoms with Crippen molar-refractivity contribution in [3.05, 3.63) is 58.7 Å². The van der Waals surface area contributed by atoms with Gasteiger partial charge >= 0.3 is 0 Å². The first-order chi connectivity index (χ1) is 12.8. The number of carbonyl (C=O) groups is 1. The molecule has 3 rings (SSSR count). The molecule has 0 radical (unpaired) electrons. The number of amides is 1. The quantitative estimate of drug-likeness (QED) is 0.836. The second kappa shape index (κ2) is 7.63. The van der Waals surface area contributed by atoms with E-state index in [4.69, 9.17) is 9.47 Å². The second-order valence-corrected chi connectivity index (χ2v) is 8.01. The largest absolute Gasteiger partial charge is 0.497 e. The number of hydrogen-bond donors (Lipinski definition) is 1. The van der Waals surface area contributed by atoms with Crippen molar-refractivity contribution in [3.63, 3.8) is 0 Å². The third kappa shape index (κ3) is 4.62. The molecule has 4 heteroatoms. The Bertz CT molecular complexity index is 842. The van der Waals surface area contributed by atoms with Gasteiger partial charge in [0.1, 0.15) is 17.1 Å². The van der Waals surface area contributed by atoms with Crippen molar-refractivity contribution in [2.75, 3.05) is 7.11 Å². The van der Waals surface area contributed by atoms with Crippen LogP contribution in [0.4, 0.5) is 0 Å². The molecule has 4 nitrogen and oxygen atoms in total. The molecule has 0 unspecified atom stereocenters. The Kier molecular flexibility index (Phi) is 5.45. The van der Waals surface area contributed by atoms with Gasteiger partial charge in [0.2, 0.25) is 5.91 Å². The molecule has 1 heterocycles. The minimum atomic E-state index is -0.326. The summed E-state index contributed by atoms with van der Waals surface area (Å²) in [5.74, 6) is 1.64. The van der Waals surface area contributed by atoms with Crippen LogP contribution in [-0.4, -0.2) is 18.6 Å². The van der Waals surface area contributed by atoms with Gasteiger partial charge < -0.3 is 14.8 Å². The van der Waals surface area contributed by atoms with E-state index in [-0.39, 0.29) is 17.6 Å². The highest BCUT2D eigenvalue weighted by molar-refractivity contribution is 5.77. The normalized spacial score (nSPS) is 17.6. The number of hydrogen-bond acceptors (Lipinski definition) is 3. The molecule has 1 atom stereocenters. The molecule has 0 saturated carbocycles. The summed E-state index contributed by atoms with van der Waals surface area (Å²) in [4.78, 5) is 12.6. The summed E-state index contributed by atoms with van der Waals surface area (Å²) < 4.78 is 11.4. The first-order valence-electron chi connectivity index (χ1n) is 9.50. The van der Waals surface area contributed by atoms with Crippen LogP contribution in [0.1, 0.15) is 55.0 Å². The highest BCUT2D eigenvalue weighted by Gasteiger charge is 2.34. The molecule has 0 saturated heterocycles. The third-order valence-corrected chi connectivity index (χ3v) is 5.22. The minimum Gasteiger partial charge on any atom is -0.497 e. The van der Waals surface area contributed by atoms with Gasteiger partial charge in [-0.05, 0) is 69.0 Å². The van der Waals surface area contributed by atoms with Crippen molar-refractivity contribution in [1.29, 1.82) is 0 Å². The number of carbonyl (C=O) groups excluding carboxylic acids is 1. The summed E-state index contributed by atoms with van der Waals surface area (Å²) in [7, 11) is 1.65. The molecule has 2 aromatic rings. The summed E-state index contributed by atoms with van der Waals surface area (Å²) in [5, 5.41) is 3.20. The summed E-state index contributed by atoms with van der Waals surface area (Å²) in [5.41, 5.74) is 4.39. The molecule has 1 aliphatic heterocycles. The van der Waals surface area contributed by atoms with Crippen LogP contribution in [0.15, 0.2) is 36.4 Å². The van der Waals surface area contributed by atoms with E-state index in [2.05, 4.69) is 51.2 Å². The molecule has 0 bridgehead atoms. The van der Waals surface area contributed by atoms with Crippen LogP contribution in [0, 0.1) is 13.8 Å². The number of aryl methyl sites for hydroxylation is 3. The van der Waals surface area contributed by atoms with Gasteiger partial charge in [-0.3, -0.25) is 4.79 Å². The third-order valence-electron chi connectivity index (χ3n) is 5.22. The van der Waals surface area contributed by atoms with Gasteiger partial charge in [0.05, 0.1) is 13.2 Å². The van der Waals surface area contributed by atoms with Crippen LogP contribution in [0.5, 0.6) is 11.5 Å². The zero-order valence-corrected chi connectivity index (χ0v) is 16.9. The Morgan fingerprint density at radius 3 is 2.67 bits per heavy atom. The van der Waals surface area contributed by atoms with E-state index in [0.717, 1.165) is 29.9 Å². The number of nitrogens with one attached hydrogen (secondary N) is 1. The highest BCUT2D eigenvalue weighted by Crippen LogP contribution is 2.41. The van der Waals surface area contributed by atoms with Gasteiger partial charge in [0.25, 0.3) is 0 Å². The zero-order valence-electron chi connectivity index (χ0n) is 16.9. The lowest BCUT2D eigenvalue weighted by atomic mass is 9.89. The second-order valence-electron chi connectivity index (χ2n) is 8.01. The van der Waals surface area contributed by atoms with Gasteiger partial charge in [-0.15, -0.1) is 0 Å². The SMILES string of the molecule is COc1ccc2c(c1)[C@@H](NC(=O)CCc1ccc(C)c(C)c1)CC(C)(C)O2. The van der Waals surface area contributed by atoms with E-state index < -0.39 is 0 Å². The summed E-state index contributed by atoms with van der Waals surface area (Å²) >= 11 is 0. The van der Waals surface area contributed by atoms with E-state index in [1.807, 2.05) is 18.2 Å². The minimum absolute atomic E-state index is 0.0599. The number of benzene rings is 2. The lowest BCUT2D eigenvalue weighted by Gasteiger charge is -2.38. The lowest BCUT2D eigenvalue weighted by Crippen LogP contribution is -2.41. The van der Waals surface area contributed by atoms with Gasteiger partial charge in [-0.2, -0.15) is 0 Å². The average Bonchev–Trinajstić information content (AvgIpc) is 2.61. The Balaban J connectivity index is 1.70. The smallest absolute Gasteiger partial charge is 0.220 e. The maximum Gasteiger partial charge on any atom is 0.220 e. The monoisotopic (exact) mass is 367 g/mol. The van der Waals surface area contributed by atoms with E-state index in [1.54, 1.807) is 7.11 Å². The average molecular weight is 367 g/mol. The molecule has 0 aliphatic carbocycles. The molecule has 2 aromatic carbocycles. The maximum atomic E-state index is 12.6. The van der Waals surface area contributed by atoms with Crippen LogP contribution >= 0.6 is 0 Å². The van der Waals surface area contributed by atoms with Crippen LogP contribution in [-0.2, 0) is 11.2 Å². The molecule has 1 aliphatic rings. The van der Waals surface area contributed by atoms with Crippen molar-refractivity contribution < 1.29 is 14.3 Å². The topological polar surface area (TPSA) is 47.6 Å². The Morgan fingerprint density at radius 1 is 1.19 bits per heavy atom. The maximum absolute atomic E-state index is 12.6. The Hall–Kier alpha value is -2.49. The zero-order chi connectivity index (χ0) is 19.6. The van der Waals surface area contributed by atoms with Crippen molar-refractivity contribution in [2.24, 2.45) is 0 Å². The Labute approximate surface area is 161 Å². The standard InChI is InChI=1S/C23H29NO3/c1-15-6-7-17(12-16(15)2)8-11-22(25)24-20-14-23(3,4)27-21-10-9-18(26-5)13-19(20)21/h6-7,9-10,12-13,20H,8,11,14H2,1-5H3,(H,24,25)/t20-/m0/s1.